The van der Waals surface area contributed by atoms with Gasteiger partial charge in [0.15, 0.2) is 5.65 Å². The number of hydrogen-bond donors (Lipinski definition) is 0. The summed E-state index contributed by atoms with van der Waals surface area (Å²) in [5, 5.41) is 0. The van der Waals surface area contributed by atoms with Gasteiger partial charge in [0.2, 0.25) is 0 Å². The molecule has 0 aromatic carbocycles. The van der Waals surface area contributed by atoms with E-state index in [4.69, 9.17) is 9.47 Å². The van der Waals surface area contributed by atoms with Crippen LogP contribution in [0.2, 0.25) is 0 Å². The number of pyridine rings is 1. The second kappa shape index (κ2) is 6.33. The molecule has 3 rings (SSSR count). The Labute approximate surface area is 118 Å². The Morgan fingerprint density at radius 3 is 3.20 bits per heavy atom. The summed E-state index contributed by atoms with van der Waals surface area (Å²) in [6, 6.07) is 3.94. The third-order valence-electron chi connectivity index (χ3n) is 3.77. The van der Waals surface area contributed by atoms with Crippen molar-refractivity contribution in [3.05, 3.63) is 24.2 Å². The van der Waals surface area contributed by atoms with Gasteiger partial charge >= 0.3 is 0 Å². The van der Waals surface area contributed by atoms with E-state index in [1.165, 1.54) is 12.8 Å². The molecule has 1 saturated heterocycles. The minimum absolute atomic E-state index is 0.282. The van der Waals surface area contributed by atoms with Crippen molar-refractivity contribution in [3.8, 4) is 0 Å². The molecule has 0 aliphatic carbocycles. The summed E-state index contributed by atoms with van der Waals surface area (Å²) in [4.78, 5) is 9.16. The summed E-state index contributed by atoms with van der Waals surface area (Å²) in [7, 11) is 1.72. The molecule has 0 radical (unpaired) electrons. The molecule has 3 heterocycles. The van der Waals surface area contributed by atoms with Crippen molar-refractivity contribution in [2.45, 2.75) is 38.3 Å². The van der Waals surface area contributed by atoms with Gasteiger partial charge < -0.3 is 14.0 Å². The maximum Gasteiger partial charge on any atom is 0.160 e. The second-order valence-electron chi connectivity index (χ2n) is 5.22. The molecular formula is C15H21N3O2. The van der Waals surface area contributed by atoms with Gasteiger partial charge in [0.1, 0.15) is 11.3 Å². The molecule has 0 spiro atoms. The van der Waals surface area contributed by atoms with Gasteiger partial charge in [-0.1, -0.05) is 0 Å². The highest BCUT2D eigenvalue weighted by Crippen LogP contribution is 2.19. The van der Waals surface area contributed by atoms with Crippen molar-refractivity contribution in [1.82, 2.24) is 14.5 Å². The molecule has 20 heavy (non-hydrogen) atoms. The van der Waals surface area contributed by atoms with Gasteiger partial charge in [-0.3, -0.25) is 0 Å². The normalized spacial score (nSPS) is 19.6. The van der Waals surface area contributed by atoms with Crippen molar-refractivity contribution < 1.29 is 9.47 Å². The van der Waals surface area contributed by atoms with Gasteiger partial charge in [0.05, 0.1) is 19.3 Å². The quantitative estimate of drug-likeness (QED) is 0.839. The van der Waals surface area contributed by atoms with E-state index in [-0.39, 0.29) is 6.10 Å². The molecule has 0 N–H and O–H groups in total. The molecule has 2 aromatic rings. The zero-order valence-corrected chi connectivity index (χ0v) is 11.9. The second-order valence-corrected chi connectivity index (χ2v) is 5.22. The first-order chi connectivity index (χ1) is 9.88. The van der Waals surface area contributed by atoms with Crippen molar-refractivity contribution in [3.63, 3.8) is 0 Å². The van der Waals surface area contributed by atoms with Crippen molar-refractivity contribution >= 4 is 11.2 Å². The fraction of sp³-hybridized carbons (Fsp3) is 0.600. The molecule has 0 amide bonds. The molecule has 2 aromatic heterocycles. The lowest BCUT2D eigenvalue weighted by Gasteiger charge is -2.23. The van der Waals surface area contributed by atoms with Crippen LogP contribution in [0, 0.1) is 0 Å². The van der Waals surface area contributed by atoms with E-state index in [0.717, 1.165) is 43.0 Å². The van der Waals surface area contributed by atoms with Gasteiger partial charge in [-0.25, -0.2) is 9.97 Å². The monoisotopic (exact) mass is 275 g/mol. The van der Waals surface area contributed by atoms with E-state index in [0.29, 0.717) is 6.61 Å². The van der Waals surface area contributed by atoms with Gasteiger partial charge in [-0.15, -0.1) is 0 Å². The average Bonchev–Trinajstić information content (AvgIpc) is 2.84. The lowest BCUT2D eigenvalue weighted by Crippen LogP contribution is -2.25. The number of ether oxygens (including phenoxy) is 2. The molecule has 1 unspecified atom stereocenters. The Bertz CT molecular complexity index is 561. The molecule has 108 valence electrons. The average molecular weight is 275 g/mol. The van der Waals surface area contributed by atoms with Crippen LogP contribution in [-0.4, -0.2) is 41.0 Å². The molecular weight excluding hydrogens is 254 g/mol. The van der Waals surface area contributed by atoms with Crippen LogP contribution in [0.15, 0.2) is 18.3 Å². The van der Waals surface area contributed by atoms with E-state index < -0.39 is 0 Å². The highest BCUT2D eigenvalue weighted by Gasteiger charge is 2.18. The lowest BCUT2D eigenvalue weighted by atomic mass is 10.1. The van der Waals surface area contributed by atoms with E-state index in [2.05, 4.69) is 14.5 Å². The van der Waals surface area contributed by atoms with Crippen molar-refractivity contribution in [2.24, 2.45) is 0 Å². The Hall–Kier alpha value is -1.46. The Balaban J connectivity index is 1.88. The zero-order chi connectivity index (χ0) is 13.8. The standard InChI is InChI=1S/C15H21N3O2/c1-19-10-7-14-17-13-6-4-8-16-15(13)18(14)11-12-5-2-3-9-20-12/h4,6,8,12H,2-3,5,7,9-11H2,1H3. The largest absolute Gasteiger partial charge is 0.384 e. The van der Waals surface area contributed by atoms with Crippen LogP contribution in [0.4, 0.5) is 0 Å². The van der Waals surface area contributed by atoms with E-state index in [1.54, 1.807) is 7.11 Å². The van der Waals surface area contributed by atoms with Crippen LogP contribution < -0.4 is 0 Å². The van der Waals surface area contributed by atoms with Crippen LogP contribution in [-0.2, 0) is 22.4 Å². The first-order valence-corrected chi connectivity index (χ1v) is 7.29. The number of rotatable bonds is 5. The van der Waals surface area contributed by atoms with Crippen molar-refractivity contribution in [2.75, 3.05) is 20.3 Å². The zero-order valence-electron chi connectivity index (χ0n) is 11.9. The third kappa shape index (κ3) is 2.83. The van der Waals surface area contributed by atoms with Crippen LogP contribution in [0.25, 0.3) is 11.2 Å². The van der Waals surface area contributed by atoms with Crippen LogP contribution >= 0.6 is 0 Å². The molecule has 0 bridgehead atoms. The highest BCUT2D eigenvalue weighted by molar-refractivity contribution is 5.71. The third-order valence-corrected chi connectivity index (χ3v) is 3.77. The fourth-order valence-electron chi connectivity index (χ4n) is 2.74. The molecule has 1 aliphatic rings. The predicted octanol–water partition coefficient (Wildman–Crippen LogP) is 2.19. The number of aromatic nitrogens is 3. The minimum Gasteiger partial charge on any atom is -0.384 e. The topological polar surface area (TPSA) is 49.2 Å². The molecule has 1 aliphatic heterocycles. The number of imidazole rings is 1. The number of hydrogen-bond acceptors (Lipinski definition) is 4. The maximum absolute atomic E-state index is 5.85. The Morgan fingerprint density at radius 2 is 2.40 bits per heavy atom. The van der Waals surface area contributed by atoms with E-state index >= 15 is 0 Å². The van der Waals surface area contributed by atoms with Crippen molar-refractivity contribution in [1.29, 1.82) is 0 Å². The van der Waals surface area contributed by atoms with Gasteiger partial charge in [0, 0.05) is 26.3 Å². The molecule has 1 fully saturated rings. The van der Waals surface area contributed by atoms with Gasteiger partial charge in [0.25, 0.3) is 0 Å². The SMILES string of the molecule is COCCc1nc2cccnc2n1CC1CCCCO1. The highest BCUT2D eigenvalue weighted by atomic mass is 16.5. The molecule has 1 atom stereocenters. The summed E-state index contributed by atoms with van der Waals surface area (Å²) >= 11 is 0. The Morgan fingerprint density at radius 1 is 1.45 bits per heavy atom. The van der Waals surface area contributed by atoms with Crippen LogP contribution in [0.3, 0.4) is 0 Å². The summed E-state index contributed by atoms with van der Waals surface area (Å²) in [5.41, 5.74) is 1.90. The first-order valence-electron chi connectivity index (χ1n) is 7.29. The number of methoxy groups -OCH3 is 1. The lowest BCUT2D eigenvalue weighted by molar-refractivity contribution is 0.00598. The predicted molar refractivity (Wildman–Crippen MR) is 76.7 cm³/mol. The van der Waals surface area contributed by atoms with Gasteiger partial charge in [-0.05, 0) is 31.4 Å². The van der Waals surface area contributed by atoms with Gasteiger partial charge in [-0.2, -0.15) is 0 Å². The van der Waals surface area contributed by atoms with Crippen LogP contribution in [0.1, 0.15) is 25.1 Å². The molecule has 5 heteroatoms. The van der Waals surface area contributed by atoms with E-state index in [1.807, 2.05) is 18.3 Å². The molecule has 5 nitrogen and oxygen atoms in total. The minimum atomic E-state index is 0.282. The summed E-state index contributed by atoms with van der Waals surface area (Å²) < 4.78 is 13.2. The summed E-state index contributed by atoms with van der Waals surface area (Å²) in [6.07, 6.45) is 6.45. The number of nitrogens with zero attached hydrogens (tertiary/aromatic N) is 3. The maximum atomic E-state index is 5.85. The summed E-state index contributed by atoms with van der Waals surface area (Å²) in [5.74, 6) is 1.04. The smallest absolute Gasteiger partial charge is 0.160 e. The summed E-state index contributed by atoms with van der Waals surface area (Å²) in [6.45, 7) is 2.39. The van der Waals surface area contributed by atoms with E-state index in [9.17, 15) is 0 Å². The Kier molecular flexibility index (Phi) is 4.28. The number of fused-ring (bicyclic) bond motifs is 1. The van der Waals surface area contributed by atoms with Crippen LogP contribution in [0.5, 0.6) is 0 Å². The first kappa shape index (κ1) is 13.5. The fourth-order valence-corrected chi connectivity index (χ4v) is 2.74. The molecule has 0 saturated carbocycles.